The lowest BCUT2D eigenvalue weighted by Crippen LogP contribution is -2.43. The molecular weight excluding hydrogens is 447 g/mol. The number of nitrogens with zero attached hydrogens (tertiary/aromatic N) is 2. The van der Waals surface area contributed by atoms with Crippen molar-refractivity contribution in [2.75, 3.05) is 39.9 Å². The summed E-state index contributed by atoms with van der Waals surface area (Å²) in [5.74, 6) is 0.768. The highest BCUT2D eigenvalue weighted by molar-refractivity contribution is 14.0. The Morgan fingerprint density at radius 3 is 2.19 bits per heavy atom. The van der Waals surface area contributed by atoms with Crippen LogP contribution < -0.4 is 10.6 Å². The molecule has 0 radical (unpaired) electrons. The van der Waals surface area contributed by atoms with Gasteiger partial charge in [0.05, 0.1) is 0 Å². The van der Waals surface area contributed by atoms with Crippen molar-refractivity contribution in [3.05, 3.63) is 0 Å². The average Bonchev–Trinajstić information content (AvgIpc) is 2.50. The maximum absolute atomic E-state index is 12.2. The van der Waals surface area contributed by atoms with Gasteiger partial charge in [-0.1, -0.05) is 0 Å². The van der Waals surface area contributed by atoms with Crippen LogP contribution in [0.2, 0.25) is 0 Å². The van der Waals surface area contributed by atoms with E-state index in [2.05, 4.69) is 15.6 Å². The summed E-state index contributed by atoms with van der Waals surface area (Å²) in [6.45, 7) is 15.3. The first-order valence-corrected chi connectivity index (χ1v) is 9.23. The van der Waals surface area contributed by atoms with Crippen molar-refractivity contribution < 1.29 is 14.3 Å². The fourth-order valence-corrected chi connectivity index (χ4v) is 2.08. The van der Waals surface area contributed by atoms with Crippen LogP contribution in [0.25, 0.3) is 0 Å². The molecule has 0 aromatic heterocycles. The third-order valence-corrected chi connectivity index (χ3v) is 3.31. The molecule has 0 saturated heterocycles. The molecule has 0 fully saturated rings. The van der Waals surface area contributed by atoms with E-state index >= 15 is 0 Å². The highest BCUT2D eigenvalue weighted by Gasteiger charge is 2.23. The van der Waals surface area contributed by atoms with Crippen LogP contribution >= 0.6 is 24.0 Å². The van der Waals surface area contributed by atoms with Gasteiger partial charge in [0.2, 0.25) is 0 Å². The Morgan fingerprint density at radius 2 is 1.73 bits per heavy atom. The Kier molecular flexibility index (Phi) is 16.2. The molecule has 26 heavy (non-hydrogen) atoms. The second-order valence-electron chi connectivity index (χ2n) is 7.10. The van der Waals surface area contributed by atoms with E-state index in [4.69, 9.17) is 9.47 Å². The Morgan fingerprint density at radius 1 is 1.15 bits per heavy atom. The van der Waals surface area contributed by atoms with Crippen molar-refractivity contribution in [2.45, 2.75) is 66.0 Å². The first-order valence-electron chi connectivity index (χ1n) is 9.23. The van der Waals surface area contributed by atoms with Gasteiger partial charge in [-0.2, -0.15) is 0 Å². The standard InChI is InChI=1S/C18H38N4O3.HI/c1-8-24-14-10-12-21-16(19-7)20-11-9-13-22(15(2)3)17(23)25-18(4,5)6;/h15H,8-14H2,1-7H3,(H2,19,20,21);1H. The van der Waals surface area contributed by atoms with Crippen molar-refractivity contribution in [1.82, 2.24) is 15.5 Å². The smallest absolute Gasteiger partial charge is 0.410 e. The number of nitrogens with one attached hydrogen (secondary N) is 2. The Bertz CT molecular complexity index is 398. The maximum Gasteiger partial charge on any atom is 0.410 e. The van der Waals surface area contributed by atoms with E-state index in [0.717, 1.165) is 45.1 Å². The minimum Gasteiger partial charge on any atom is -0.444 e. The maximum atomic E-state index is 12.2. The van der Waals surface area contributed by atoms with Crippen LogP contribution in [0.4, 0.5) is 4.79 Å². The quantitative estimate of drug-likeness (QED) is 0.215. The lowest BCUT2D eigenvalue weighted by Gasteiger charge is -2.30. The zero-order valence-corrected chi connectivity index (χ0v) is 19.9. The van der Waals surface area contributed by atoms with E-state index < -0.39 is 5.60 Å². The zero-order valence-electron chi connectivity index (χ0n) is 17.6. The number of carbonyl (C=O) groups excluding carboxylic acids is 1. The third-order valence-electron chi connectivity index (χ3n) is 3.31. The fourth-order valence-electron chi connectivity index (χ4n) is 2.08. The van der Waals surface area contributed by atoms with Crippen LogP contribution in [0.15, 0.2) is 4.99 Å². The molecular formula is C18H39IN4O3. The van der Waals surface area contributed by atoms with Gasteiger partial charge in [0.1, 0.15) is 5.60 Å². The number of guanidine groups is 1. The summed E-state index contributed by atoms with van der Waals surface area (Å²) in [7, 11) is 1.75. The van der Waals surface area contributed by atoms with Gasteiger partial charge in [0.25, 0.3) is 0 Å². The highest BCUT2D eigenvalue weighted by atomic mass is 127. The van der Waals surface area contributed by atoms with Gasteiger partial charge in [-0.05, 0) is 54.4 Å². The van der Waals surface area contributed by atoms with E-state index in [9.17, 15) is 4.79 Å². The zero-order chi connectivity index (χ0) is 19.3. The predicted molar refractivity (Wildman–Crippen MR) is 119 cm³/mol. The van der Waals surface area contributed by atoms with Crippen molar-refractivity contribution in [2.24, 2.45) is 4.99 Å². The molecule has 0 saturated carbocycles. The number of rotatable bonds is 10. The van der Waals surface area contributed by atoms with Crippen LogP contribution in [-0.4, -0.2) is 68.5 Å². The molecule has 0 aromatic rings. The number of carbonyl (C=O) groups is 1. The summed E-state index contributed by atoms with van der Waals surface area (Å²) in [6, 6.07) is 0.103. The fraction of sp³-hybridized carbons (Fsp3) is 0.889. The van der Waals surface area contributed by atoms with Crippen LogP contribution in [-0.2, 0) is 9.47 Å². The molecule has 0 aromatic carbocycles. The molecule has 0 aliphatic heterocycles. The van der Waals surface area contributed by atoms with E-state index in [0.29, 0.717) is 6.54 Å². The molecule has 0 aliphatic carbocycles. The monoisotopic (exact) mass is 486 g/mol. The van der Waals surface area contributed by atoms with Gasteiger partial charge in [-0.25, -0.2) is 4.79 Å². The molecule has 0 bridgehead atoms. The van der Waals surface area contributed by atoms with Crippen molar-refractivity contribution in [3.8, 4) is 0 Å². The van der Waals surface area contributed by atoms with E-state index in [1.165, 1.54) is 0 Å². The molecule has 8 heteroatoms. The van der Waals surface area contributed by atoms with Crippen molar-refractivity contribution in [1.29, 1.82) is 0 Å². The summed E-state index contributed by atoms with van der Waals surface area (Å²) in [5.41, 5.74) is -0.476. The second kappa shape index (κ2) is 15.3. The van der Waals surface area contributed by atoms with Gasteiger partial charge >= 0.3 is 6.09 Å². The summed E-state index contributed by atoms with van der Waals surface area (Å²) in [6.07, 6.45) is 1.49. The molecule has 156 valence electrons. The van der Waals surface area contributed by atoms with Crippen molar-refractivity contribution in [3.63, 3.8) is 0 Å². The molecule has 0 spiro atoms. The summed E-state index contributed by atoms with van der Waals surface area (Å²) in [4.78, 5) is 18.2. The topological polar surface area (TPSA) is 75.2 Å². The first kappa shape index (κ1) is 27.4. The minimum atomic E-state index is -0.476. The number of halogens is 1. The SMILES string of the molecule is CCOCCCNC(=NC)NCCCN(C(=O)OC(C)(C)C)C(C)C.I. The van der Waals surface area contributed by atoms with Crippen LogP contribution in [0.1, 0.15) is 54.4 Å². The molecule has 1 amide bonds. The Hall–Kier alpha value is -0.770. The van der Waals surface area contributed by atoms with Crippen LogP contribution in [0, 0.1) is 0 Å². The first-order chi connectivity index (χ1) is 11.7. The summed E-state index contributed by atoms with van der Waals surface area (Å²) in [5, 5.41) is 6.51. The van der Waals surface area contributed by atoms with Crippen molar-refractivity contribution >= 4 is 36.0 Å². The van der Waals surface area contributed by atoms with Gasteiger partial charge in [-0.3, -0.25) is 4.99 Å². The highest BCUT2D eigenvalue weighted by Crippen LogP contribution is 2.12. The molecule has 0 aliphatic rings. The molecule has 2 N–H and O–H groups in total. The number of ether oxygens (including phenoxy) is 2. The van der Waals surface area contributed by atoms with E-state index in [1.807, 2.05) is 41.5 Å². The Balaban J connectivity index is 0. The molecule has 0 atom stereocenters. The van der Waals surface area contributed by atoms with Gasteiger partial charge in [-0.15, -0.1) is 24.0 Å². The molecule has 7 nitrogen and oxygen atoms in total. The lowest BCUT2D eigenvalue weighted by molar-refractivity contribution is 0.0190. The Labute approximate surface area is 176 Å². The average molecular weight is 486 g/mol. The molecule has 0 rings (SSSR count). The van der Waals surface area contributed by atoms with Gasteiger partial charge in [0.15, 0.2) is 5.96 Å². The van der Waals surface area contributed by atoms with Crippen LogP contribution in [0.5, 0.6) is 0 Å². The van der Waals surface area contributed by atoms with Gasteiger partial charge < -0.3 is 25.0 Å². The van der Waals surface area contributed by atoms with Gasteiger partial charge in [0, 0.05) is 45.9 Å². The predicted octanol–water partition coefficient (Wildman–Crippen LogP) is 3.23. The van der Waals surface area contributed by atoms with E-state index in [-0.39, 0.29) is 36.1 Å². The summed E-state index contributed by atoms with van der Waals surface area (Å²) >= 11 is 0. The number of amides is 1. The largest absolute Gasteiger partial charge is 0.444 e. The minimum absolute atomic E-state index is 0. The molecule has 0 heterocycles. The van der Waals surface area contributed by atoms with Crippen LogP contribution in [0.3, 0.4) is 0 Å². The lowest BCUT2D eigenvalue weighted by atomic mass is 10.2. The summed E-state index contributed by atoms with van der Waals surface area (Å²) < 4.78 is 10.8. The normalized spacial score (nSPS) is 11.8. The number of aliphatic imine (C=N–C) groups is 1. The van der Waals surface area contributed by atoms with E-state index in [1.54, 1.807) is 11.9 Å². The molecule has 0 unspecified atom stereocenters. The number of hydrogen-bond acceptors (Lipinski definition) is 4. The second-order valence-corrected chi connectivity index (χ2v) is 7.10. The number of hydrogen-bond donors (Lipinski definition) is 2. The third kappa shape index (κ3) is 14.4.